The zero-order valence-corrected chi connectivity index (χ0v) is 13.5. The van der Waals surface area contributed by atoms with Gasteiger partial charge < -0.3 is 10.1 Å². The highest BCUT2D eigenvalue weighted by atomic mass is 32.2. The second-order valence-corrected chi connectivity index (χ2v) is 6.52. The number of hydrogen-bond donors (Lipinski definition) is 1. The summed E-state index contributed by atoms with van der Waals surface area (Å²) in [4.78, 5) is 12.2. The first-order chi connectivity index (χ1) is 11.1. The molecule has 0 saturated carbocycles. The van der Waals surface area contributed by atoms with Gasteiger partial charge in [0.2, 0.25) is 0 Å². The van der Waals surface area contributed by atoms with Crippen molar-refractivity contribution in [2.75, 3.05) is 0 Å². The summed E-state index contributed by atoms with van der Waals surface area (Å²) in [7, 11) is 0. The van der Waals surface area contributed by atoms with Crippen LogP contribution in [0.25, 0.3) is 6.08 Å². The second-order valence-electron chi connectivity index (χ2n) is 4.80. The Balaban J connectivity index is 1.66. The van der Waals surface area contributed by atoms with Crippen LogP contribution in [0.2, 0.25) is 0 Å². The van der Waals surface area contributed by atoms with Gasteiger partial charge in [-0.05, 0) is 29.8 Å². The van der Waals surface area contributed by atoms with E-state index in [1.165, 1.54) is 17.8 Å². The van der Waals surface area contributed by atoms with Gasteiger partial charge in [0, 0.05) is 5.56 Å². The molecule has 0 radical (unpaired) electrons. The van der Waals surface area contributed by atoms with Gasteiger partial charge in [0.15, 0.2) is 0 Å². The highest BCUT2D eigenvalue weighted by Crippen LogP contribution is 2.26. The number of ether oxygens (including phenoxy) is 1. The quantitative estimate of drug-likeness (QED) is 0.674. The van der Waals surface area contributed by atoms with E-state index in [9.17, 15) is 9.18 Å². The van der Waals surface area contributed by atoms with Crippen LogP contribution < -0.4 is 10.1 Å². The van der Waals surface area contributed by atoms with Crippen molar-refractivity contribution in [2.24, 2.45) is 0 Å². The van der Waals surface area contributed by atoms with E-state index in [1.54, 1.807) is 36.4 Å². The van der Waals surface area contributed by atoms with Gasteiger partial charge in [0.25, 0.3) is 5.91 Å². The summed E-state index contributed by atoms with van der Waals surface area (Å²) in [6, 6.07) is 13.7. The fourth-order valence-electron chi connectivity index (χ4n) is 2.01. The van der Waals surface area contributed by atoms with Crippen molar-refractivity contribution in [1.29, 1.82) is 0 Å². The number of amides is 1. The van der Waals surface area contributed by atoms with Crippen molar-refractivity contribution in [1.82, 2.24) is 5.32 Å². The molecule has 3 rings (SSSR count). The number of halogens is 1. The highest BCUT2D eigenvalue weighted by Gasteiger charge is 2.21. The van der Waals surface area contributed by atoms with Crippen LogP contribution in [-0.4, -0.2) is 10.2 Å². The molecule has 0 aromatic heterocycles. The molecule has 1 heterocycles. The number of thioether (sulfide) groups is 1. The van der Waals surface area contributed by atoms with Gasteiger partial charge in [-0.15, -0.1) is 0 Å². The Bertz CT molecular complexity index is 787. The number of rotatable bonds is 4. The number of carbonyl (C=O) groups is 1. The molecule has 1 saturated heterocycles. The standard InChI is InChI=1S/C17H12FNO2S2/c18-14-4-2-1-3-12(14)10-21-13-7-5-11(6-8-13)9-15-16(20)19-17(22)23-15/h1-9H,10H2,(H,19,20,22)/b15-9+. The van der Waals surface area contributed by atoms with Crippen molar-refractivity contribution in [3.8, 4) is 5.75 Å². The molecule has 0 bridgehead atoms. The second kappa shape index (κ2) is 6.93. The minimum absolute atomic E-state index is 0.166. The number of thiocarbonyl (C=S) groups is 1. The van der Waals surface area contributed by atoms with Crippen LogP contribution >= 0.6 is 24.0 Å². The average molecular weight is 345 g/mol. The van der Waals surface area contributed by atoms with Crippen LogP contribution in [0.15, 0.2) is 53.4 Å². The number of benzene rings is 2. The third kappa shape index (κ3) is 3.97. The molecule has 116 valence electrons. The molecule has 0 atom stereocenters. The Morgan fingerprint density at radius 3 is 2.57 bits per heavy atom. The monoisotopic (exact) mass is 345 g/mol. The molecule has 3 nitrogen and oxygen atoms in total. The molecule has 2 aromatic rings. The van der Waals surface area contributed by atoms with E-state index in [-0.39, 0.29) is 18.3 Å². The van der Waals surface area contributed by atoms with Gasteiger partial charge in [-0.25, -0.2) is 4.39 Å². The molecule has 0 unspecified atom stereocenters. The Hall–Kier alpha value is -2.18. The van der Waals surface area contributed by atoms with Gasteiger partial charge in [-0.2, -0.15) is 0 Å². The Morgan fingerprint density at radius 1 is 1.17 bits per heavy atom. The van der Waals surface area contributed by atoms with Crippen molar-refractivity contribution < 1.29 is 13.9 Å². The third-order valence-corrected chi connectivity index (χ3v) is 4.33. The Labute approximate surface area is 142 Å². The number of carbonyl (C=O) groups excluding carboxylic acids is 1. The molecule has 23 heavy (non-hydrogen) atoms. The molecule has 1 aliphatic rings. The van der Waals surface area contributed by atoms with Gasteiger partial charge in [0.1, 0.15) is 22.5 Å². The molecule has 6 heteroatoms. The normalized spacial score (nSPS) is 15.8. The summed E-state index contributed by atoms with van der Waals surface area (Å²) in [6.45, 7) is 0.166. The zero-order chi connectivity index (χ0) is 16.2. The molecule has 2 aromatic carbocycles. The predicted molar refractivity (Wildman–Crippen MR) is 93.5 cm³/mol. The van der Waals surface area contributed by atoms with E-state index in [0.717, 1.165) is 5.56 Å². The van der Waals surface area contributed by atoms with Crippen LogP contribution in [0.1, 0.15) is 11.1 Å². The van der Waals surface area contributed by atoms with Gasteiger partial charge in [-0.3, -0.25) is 4.79 Å². The van der Waals surface area contributed by atoms with Crippen molar-refractivity contribution in [3.63, 3.8) is 0 Å². The summed E-state index contributed by atoms with van der Waals surface area (Å²) in [5.41, 5.74) is 1.37. The lowest BCUT2D eigenvalue weighted by Gasteiger charge is -2.07. The van der Waals surface area contributed by atoms with E-state index < -0.39 is 0 Å². The minimum atomic E-state index is -0.283. The van der Waals surface area contributed by atoms with Crippen LogP contribution in [0, 0.1) is 5.82 Å². The smallest absolute Gasteiger partial charge is 0.263 e. The van der Waals surface area contributed by atoms with Crippen LogP contribution in [0.5, 0.6) is 5.75 Å². The summed E-state index contributed by atoms with van der Waals surface area (Å²) in [5, 5.41) is 2.57. The fourth-order valence-corrected chi connectivity index (χ4v) is 3.05. The van der Waals surface area contributed by atoms with E-state index in [4.69, 9.17) is 17.0 Å². The summed E-state index contributed by atoms with van der Waals surface area (Å²) in [6.07, 6.45) is 1.76. The first-order valence-electron chi connectivity index (χ1n) is 6.83. The van der Waals surface area contributed by atoms with Gasteiger partial charge in [-0.1, -0.05) is 54.3 Å². The lowest BCUT2D eigenvalue weighted by molar-refractivity contribution is -0.115. The SMILES string of the molecule is O=C1NC(=S)S/C1=C/c1ccc(OCc2ccccc2F)cc1. The molecular weight excluding hydrogens is 333 g/mol. The van der Waals surface area contributed by atoms with Crippen molar-refractivity contribution in [2.45, 2.75) is 6.61 Å². The van der Waals surface area contributed by atoms with Crippen LogP contribution in [0.3, 0.4) is 0 Å². The average Bonchev–Trinajstić information content (AvgIpc) is 2.85. The number of hydrogen-bond acceptors (Lipinski definition) is 4. The fraction of sp³-hybridized carbons (Fsp3) is 0.0588. The topological polar surface area (TPSA) is 38.3 Å². The van der Waals surface area contributed by atoms with Crippen LogP contribution in [0.4, 0.5) is 4.39 Å². The van der Waals surface area contributed by atoms with E-state index in [1.807, 2.05) is 12.1 Å². The number of nitrogens with one attached hydrogen (secondary N) is 1. The molecule has 0 spiro atoms. The summed E-state index contributed by atoms with van der Waals surface area (Å²) in [5.74, 6) is 0.170. The predicted octanol–water partition coefficient (Wildman–Crippen LogP) is 3.89. The van der Waals surface area contributed by atoms with E-state index in [2.05, 4.69) is 5.32 Å². The maximum absolute atomic E-state index is 13.5. The third-order valence-electron chi connectivity index (χ3n) is 3.17. The van der Waals surface area contributed by atoms with Crippen molar-refractivity contribution in [3.05, 3.63) is 70.4 Å². The van der Waals surface area contributed by atoms with Crippen LogP contribution in [-0.2, 0) is 11.4 Å². The molecular formula is C17H12FNO2S2. The lowest BCUT2D eigenvalue weighted by atomic mass is 10.2. The lowest BCUT2D eigenvalue weighted by Crippen LogP contribution is -2.17. The van der Waals surface area contributed by atoms with Crippen molar-refractivity contribution >= 4 is 40.3 Å². The van der Waals surface area contributed by atoms with E-state index in [0.29, 0.717) is 20.5 Å². The maximum atomic E-state index is 13.5. The van der Waals surface area contributed by atoms with Gasteiger partial charge >= 0.3 is 0 Å². The van der Waals surface area contributed by atoms with Gasteiger partial charge in [0.05, 0.1) is 4.91 Å². The first kappa shape index (κ1) is 15.7. The Morgan fingerprint density at radius 2 is 1.91 bits per heavy atom. The summed E-state index contributed by atoms with van der Waals surface area (Å²) >= 11 is 6.18. The minimum Gasteiger partial charge on any atom is -0.489 e. The van der Waals surface area contributed by atoms with E-state index >= 15 is 0 Å². The summed E-state index contributed by atoms with van der Waals surface area (Å²) < 4.78 is 19.5. The largest absolute Gasteiger partial charge is 0.489 e. The molecule has 1 fully saturated rings. The maximum Gasteiger partial charge on any atom is 0.263 e. The molecule has 0 aliphatic carbocycles. The molecule has 1 amide bonds. The molecule has 1 N–H and O–H groups in total. The zero-order valence-electron chi connectivity index (χ0n) is 11.9. The Kier molecular flexibility index (Phi) is 4.73. The first-order valence-corrected chi connectivity index (χ1v) is 8.05. The molecule has 1 aliphatic heterocycles. The highest BCUT2D eigenvalue weighted by molar-refractivity contribution is 8.26.